The van der Waals surface area contributed by atoms with Gasteiger partial charge in [0.05, 0.1) is 19.1 Å². The molecule has 0 aromatic carbocycles. The van der Waals surface area contributed by atoms with Crippen LogP contribution in [0.3, 0.4) is 0 Å². The second-order valence-electron chi connectivity index (χ2n) is 8.74. The highest BCUT2D eigenvalue weighted by atomic mass is 16.5. The summed E-state index contributed by atoms with van der Waals surface area (Å²) in [7, 11) is 1.41. The summed E-state index contributed by atoms with van der Waals surface area (Å²) in [5, 5.41) is 10.2. The predicted molar refractivity (Wildman–Crippen MR) is 111 cm³/mol. The number of nitrogens with zero attached hydrogens (tertiary/aromatic N) is 2. The van der Waals surface area contributed by atoms with E-state index in [0.717, 1.165) is 12.2 Å². The molecule has 2 fully saturated rings. The molecule has 3 heterocycles. The third kappa shape index (κ3) is 3.46. The minimum atomic E-state index is -0.445. The Balaban J connectivity index is 1.78. The average molecular weight is 401 g/mol. The number of hydrogen-bond donors (Lipinski definition) is 1. The van der Waals surface area contributed by atoms with Crippen LogP contribution < -0.4 is 5.56 Å². The van der Waals surface area contributed by atoms with Crippen molar-refractivity contribution in [1.29, 1.82) is 0 Å². The van der Waals surface area contributed by atoms with E-state index in [2.05, 4.69) is 4.90 Å². The molecule has 0 spiro atoms. The number of carbonyl (C=O) groups excluding carboxylic acids is 1. The van der Waals surface area contributed by atoms with Crippen molar-refractivity contribution in [3.05, 3.63) is 39.8 Å². The van der Waals surface area contributed by atoms with Crippen molar-refractivity contribution in [2.24, 2.45) is 17.8 Å². The van der Waals surface area contributed by atoms with E-state index in [0.29, 0.717) is 18.0 Å². The highest BCUT2D eigenvalue weighted by Crippen LogP contribution is 2.49. The summed E-state index contributed by atoms with van der Waals surface area (Å²) in [6, 6.07) is 3.60. The fourth-order valence-electron chi connectivity index (χ4n) is 5.87. The molecule has 29 heavy (non-hydrogen) atoms. The number of aromatic nitrogens is 1. The van der Waals surface area contributed by atoms with E-state index in [9.17, 15) is 14.7 Å². The van der Waals surface area contributed by atoms with Crippen molar-refractivity contribution in [1.82, 2.24) is 9.47 Å². The lowest BCUT2D eigenvalue weighted by molar-refractivity contribution is -0.148. The van der Waals surface area contributed by atoms with Gasteiger partial charge in [-0.2, -0.15) is 0 Å². The molecule has 2 bridgehead atoms. The molecule has 1 aromatic rings. The molecular weight excluding hydrogens is 368 g/mol. The van der Waals surface area contributed by atoms with Crippen LogP contribution in [0.4, 0.5) is 0 Å². The van der Waals surface area contributed by atoms with E-state index in [4.69, 9.17) is 4.74 Å². The topological polar surface area (TPSA) is 71.8 Å². The first kappa shape index (κ1) is 20.4. The number of pyridine rings is 1. The molecule has 1 aliphatic carbocycles. The van der Waals surface area contributed by atoms with E-state index in [1.54, 1.807) is 0 Å². The average Bonchev–Trinajstić information content (AvgIpc) is 2.95. The van der Waals surface area contributed by atoms with Crippen molar-refractivity contribution >= 4 is 12.0 Å². The monoisotopic (exact) mass is 400 g/mol. The molecule has 1 saturated heterocycles. The number of carbonyl (C=O) groups is 1. The largest absolute Gasteiger partial charge is 0.469 e. The van der Waals surface area contributed by atoms with Gasteiger partial charge in [-0.3, -0.25) is 14.5 Å². The van der Waals surface area contributed by atoms with Crippen LogP contribution >= 0.6 is 0 Å². The third-order valence-corrected chi connectivity index (χ3v) is 7.21. The van der Waals surface area contributed by atoms with E-state index in [1.165, 1.54) is 39.2 Å². The summed E-state index contributed by atoms with van der Waals surface area (Å²) in [6.07, 6.45) is 9.96. The van der Waals surface area contributed by atoms with Gasteiger partial charge in [0, 0.05) is 42.9 Å². The minimum absolute atomic E-state index is 0.0184. The van der Waals surface area contributed by atoms with Crippen LogP contribution in [0, 0.1) is 17.8 Å². The molecular formula is C23H32N2O4. The second-order valence-corrected chi connectivity index (χ2v) is 8.74. The number of rotatable bonds is 5. The first-order valence-electron chi connectivity index (χ1n) is 10.9. The molecule has 1 saturated carbocycles. The number of ether oxygens (including phenoxy) is 1. The Morgan fingerprint density at radius 1 is 1.28 bits per heavy atom. The summed E-state index contributed by atoms with van der Waals surface area (Å²) < 4.78 is 6.97. The summed E-state index contributed by atoms with van der Waals surface area (Å²) in [4.78, 5) is 28.2. The van der Waals surface area contributed by atoms with Crippen molar-refractivity contribution in [2.45, 2.75) is 57.7 Å². The van der Waals surface area contributed by atoms with Crippen molar-refractivity contribution in [3.63, 3.8) is 0 Å². The van der Waals surface area contributed by atoms with E-state index >= 15 is 0 Å². The van der Waals surface area contributed by atoms with Crippen LogP contribution in [-0.2, 0) is 16.1 Å². The van der Waals surface area contributed by atoms with E-state index < -0.39 is 5.92 Å². The lowest BCUT2D eigenvalue weighted by atomic mass is 9.87. The summed E-state index contributed by atoms with van der Waals surface area (Å²) in [6.45, 7) is 3.26. The van der Waals surface area contributed by atoms with Crippen molar-refractivity contribution in [3.8, 4) is 0 Å². The fraction of sp³-hybridized carbons (Fsp3) is 0.652. The molecule has 4 rings (SSSR count). The first-order valence-corrected chi connectivity index (χ1v) is 10.9. The van der Waals surface area contributed by atoms with Crippen LogP contribution in [-0.4, -0.2) is 46.8 Å². The number of methoxy groups -OCH3 is 1. The van der Waals surface area contributed by atoms with Gasteiger partial charge in [-0.05, 0) is 37.8 Å². The van der Waals surface area contributed by atoms with E-state index in [1.807, 2.05) is 35.8 Å². The van der Waals surface area contributed by atoms with Crippen LogP contribution in [0.2, 0.25) is 0 Å². The molecule has 0 radical (unpaired) electrons. The number of aliphatic hydroxyl groups is 1. The first-order chi connectivity index (χ1) is 14.1. The molecule has 2 aliphatic heterocycles. The molecule has 158 valence electrons. The Bertz CT molecular complexity index is 840. The van der Waals surface area contributed by atoms with Crippen molar-refractivity contribution in [2.75, 3.05) is 20.3 Å². The van der Waals surface area contributed by atoms with Gasteiger partial charge in [-0.15, -0.1) is 0 Å². The SMILES string of the molecule is C/C=C\c1ccc2n(c1=O)C[C@@H]1[C@@H](CO)[C@H](C(=O)OC)[C@H]2N1CC1CCCCC1. The summed E-state index contributed by atoms with van der Waals surface area (Å²) in [5.41, 5.74) is 1.52. The molecule has 4 atom stereocenters. The van der Waals surface area contributed by atoms with Gasteiger partial charge in [0.1, 0.15) is 0 Å². The lowest BCUT2D eigenvalue weighted by Gasteiger charge is -2.40. The smallest absolute Gasteiger partial charge is 0.311 e. The standard InChI is InChI=1S/C23H32N2O4/c1-3-7-16-10-11-18-21-20(23(28)29-2)17(14-26)19(13-25(18)22(16)27)24(21)12-15-8-5-4-6-9-15/h3,7,10-11,15,17,19-21,26H,4-6,8-9,12-14H2,1-2H3/b7-3-/t17-,19-,20+,21+/m1/s1. The van der Waals surface area contributed by atoms with Gasteiger partial charge in [0.15, 0.2) is 0 Å². The number of allylic oxidation sites excluding steroid dienone is 1. The Kier molecular flexibility index (Phi) is 5.93. The zero-order valence-corrected chi connectivity index (χ0v) is 17.4. The van der Waals surface area contributed by atoms with Gasteiger partial charge < -0.3 is 14.4 Å². The highest BCUT2D eigenvalue weighted by Gasteiger charge is 2.56. The zero-order valence-electron chi connectivity index (χ0n) is 17.4. The van der Waals surface area contributed by atoms with Crippen LogP contribution in [0.1, 0.15) is 56.3 Å². The maximum atomic E-state index is 13.1. The molecule has 3 aliphatic rings. The minimum Gasteiger partial charge on any atom is -0.469 e. The van der Waals surface area contributed by atoms with Gasteiger partial charge >= 0.3 is 5.97 Å². The van der Waals surface area contributed by atoms with Gasteiger partial charge in [0.25, 0.3) is 5.56 Å². The maximum Gasteiger partial charge on any atom is 0.311 e. The molecule has 6 heteroatoms. The van der Waals surface area contributed by atoms with Gasteiger partial charge in [-0.1, -0.05) is 31.4 Å². The summed E-state index contributed by atoms with van der Waals surface area (Å²) >= 11 is 0. The lowest BCUT2D eigenvalue weighted by Crippen LogP contribution is -2.48. The third-order valence-electron chi connectivity index (χ3n) is 7.21. The molecule has 0 unspecified atom stereocenters. The summed E-state index contributed by atoms with van der Waals surface area (Å²) in [5.74, 6) is -0.339. The Hall–Kier alpha value is -1.92. The molecule has 1 N–H and O–H groups in total. The normalized spacial score (nSPS) is 29.9. The molecule has 1 aromatic heterocycles. The number of esters is 1. The fourth-order valence-corrected chi connectivity index (χ4v) is 5.87. The predicted octanol–water partition coefficient (Wildman–Crippen LogP) is 2.60. The number of aliphatic hydroxyl groups excluding tert-OH is 1. The number of fused-ring (bicyclic) bond motifs is 4. The molecule has 0 amide bonds. The Morgan fingerprint density at radius 3 is 2.69 bits per heavy atom. The second kappa shape index (κ2) is 8.44. The Labute approximate surface area is 172 Å². The zero-order chi connectivity index (χ0) is 20.5. The van der Waals surface area contributed by atoms with Gasteiger partial charge in [-0.25, -0.2) is 0 Å². The molecule has 6 nitrogen and oxygen atoms in total. The maximum absolute atomic E-state index is 13.1. The van der Waals surface area contributed by atoms with Crippen LogP contribution in [0.15, 0.2) is 23.0 Å². The Morgan fingerprint density at radius 2 is 2.03 bits per heavy atom. The van der Waals surface area contributed by atoms with Gasteiger partial charge in [0.2, 0.25) is 0 Å². The quantitative estimate of drug-likeness (QED) is 0.770. The van der Waals surface area contributed by atoms with Crippen LogP contribution in [0.25, 0.3) is 6.08 Å². The van der Waals surface area contributed by atoms with Crippen LogP contribution in [0.5, 0.6) is 0 Å². The van der Waals surface area contributed by atoms with E-state index in [-0.39, 0.29) is 36.1 Å². The van der Waals surface area contributed by atoms with Crippen molar-refractivity contribution < 1.29 is 14.6 Å². The highest BCUT2D eigenvalue weighted by molar-refractivity contribution is 5.74. The number of hydrogen-bond acceptors (Lipinski definition) is 5.